The Bertz CT molecular complexity index is 4070. The molecule has 5 nitrogen and oxygen atoms in total. The van der Waals surface area contributed by atoms with Gasteiger partial charge in [0.2, 0.25) is 0 Å². The minimum atomic E-state index is -0.0141. The van der Waals surface area contributed by atoms with E-state index in [4.69, 9.17) is 14.2 Å². The van der Waals surface area contributed by atoms with Crippen molar-refractivity contribution in [3.63, 3.8) is 0 Å². The molecule has 0 atom stereocenters. The zero-order valence-electron chi connectivity index (χ0n) is 36.0. The molecule has 310 valence electrons. The van der Waals surface area contributed by atoms with Crippen molar-refractivity contribution in [1.82, 2.24) is 9.13 Å². The van der Waals surface area contributed by atoms with E-state index < -0.39 is 0 Å². The number of benzene rings is 10. The van der Waals surface area contributed by atoms with E-state index in [1.54, 1.807) is 0 Å². The summed E-state index contributed by atoms with van der Waals surface area (Å²) in [6.45, 7) is -0.0141. The van der Waals surface area contributed by atoms with E-state index in [9.17, 15) is 0 Å². The van der Waals surface area contributed by atoms with Gasteiger partial charge in [0.15, 0.2) is 0 Å². The third-order valence-corrected chi connectivity index (χ3v) is 14.9. The van der Waals surface area contributed by atoms with Gasteiger partial charge >= 0.3 is 0 Å². The van der Waals surface area contributed by atoms with E-state index in [2.05, 4.69) is 185 Å². The summed E-state index contributed by atoms with van der Waals surface area (Å²) in [6.07, 6.45) is 0.797. The van der Waals surface area contributed by atoms with Gasteiger partial charge in [0, 0.05) is 50.0 Å². The summed E-state index contributed by atoms with van der Waals surface area (Å²) in [7, 11) is 0. The van der Waals surface area contributed by atoms with E-state index in [0.29, 0.717) is 0 Å². The summed E-state index contributed by atoms with van der Waals surface area (Å²) in [5.74, 6) is 5.02. The lowest BCUT2D eigenvalue weighted by atomic mass is 9.34. The topological polar surface area (TPSA) is 37.6 Å². The van der Waals surface area contributed by atoms with Gasteiger partial charge in [-0.25, -0.2) is 0 Å². The van der Waals surface area contributed by atoms with Gasteiger partial charge in [-0.15, -0.1) is 0 Å². The zero-order valence-corrected chi connectivity index (χ0v) is 36.0. The third kappa shape index (κ3) is 4.78. The molecule has 0 spiro atoms. The first kappa shape index (κ1) is 35.6. The van der Waals surface area contributed by atoms with Gasteiger partial charge in [-0.1, -0.05) is 115 Å². The van der Waals surface area contributed by atoms with E-state index in [-0.39, 0.29) is 6.71 Å². The van der Waals surface area contributed by atoms with Crippen molar-refractivity contribution < 1.29 is 14.2 Å². The van der Waals surface area contributed by atoms with Crippen LogP contribution in [0.4, 0.5) is 0 Å². The largest absolute Gasteiger partial charge is 0.458 e. The van der Waals surface area contributed by atoms with Crippen molar-refractivity contribution in [2.75, 3.05) is 0 Å². The standard InChI is InChI=1S/C61H35BN2O3/c1-4-20-48-42(14-1)43-15-2-5-21-49(43)63(48)38-13-7-12-35(30-38)36-28-29-52-46(31-36)44-16-3-6-22-50(44)64(52)51-23-9-19-41-40-18-8-17-39(45(40)34-47(41)51)37-32-57-61-58(33-37)67-56-27-11-25-54-60(56)62(61)59-53(65-54)24-10-26-55(59)66-57/h1-33H,34H2. The Labute approximate surface area is 385 Å². The summed E-state index contributed by atoms with van der Waals surface area (Å²) in [4.78, 5) is 0. The van der Waals surface area contributed by atoms with Crippen LogP contribution in [-0.4, -0.2) is 15.8 Å². The number of hydrogen-bond donors (Lipinski definition) is 0. The Morgan fingerprint density at radius 3 is 1.49 bits per heavy atom. The first-order valence-corrected chi connectivity index (χ1v) is 23.1. The van der Waals surface area contributed by atoms with Gasteiger partial charge in [-0.3, -0.25) is 0 Å². The molecular formula is C61H35BN2O3. The highest BCUT2D eigenvalue weighted by Gasteiger charge is 2.46. The number of rotatable bonds is 4. The van der Waals surface area contributed by atoms with E-state index in [1.807, 2.05) is 24.3 Å². The number of aromatic nitrogens is 2. The molecule has 4 aliphatic rings. The molecule has 0 radical (unpaired) electrons. The van der Waals surface area contributed by atoms with Crippen LogP contribution in [0.2, 0.25) is 0 Å². The Balaban J connectivity index is 0.811. The van der Waals surface area contributed by atoms with E-state index in [1.165, 1.54) is 88.2 Å². The molecule has 5 heterocycles. The minimum Gasteiger partial charge on any atom is -0.458 e. The van der Waals surface area contributed by atoms with Crippen LogP contribution in [-0.2, 0) is 6.42 Å². The molecule has 16 rings (SSSR count). The van der Waals surface area contributed by atoms with Gasteiger partial charge in [0.25, 0.3) is 6.71 Å². The van der Waals surface area contributed by atoms with Crippen LogP contribution < -0.4 is 30.6 Å². The number of nitrogens with zero attached hydrogens (tertiary/aromatic N) is 2. The number of hydrogen-bond acceptors (Lipinski definition) is 3. The van der Waals surface area contributed by atoms with Gasteiger partial charge in [-0.05, 0) is 129 Å². The molecule has 10 aromatic carbocycles. The highest BCUT2D eigenvalue weighted by molar-refractivity contribution is 6.99. The van der Waals surface area contributed by atoms with Gasteiger partial charge in [0.05, 0.1) is 27.8 Å². The molecule has 1 aliphatic carbocycles. The SMILES string of the molecule is c1cc(-c2ccc3c(c2)c2ccccc2n3-c2cccc3c2Cc2c(-c4cc5c6c(c4)Oc4cccc7c4B6c4c(cccc4O5)O7)cccc2-3)cc(-n2c3ccccc3c3ccccc32)c1. The Hall–Kier alpha value is -8.74. The quantitative estimate of drug-likeness (QED) is 0.166. The van der Waals surface area contributed by atoms with Crippen LogP contribution in [0.1, 0.15) is 11.1 Å². The van der Waals surface area contributed by atoms with Crippen LogP contribution in [0, 0.1) is 0 Å². The summed E-state index contributed by atoms with van der Waals surface area (Å²) < 4.78 is 24.8. The highest BCUT2D eigenvalue weighted by Crippen LogP contribution is 2.49. The van der Waals surface area contributed by atoms with Crippen molar-refractivity contribution in [1.29, 1.82) is 0 Å². The Morgan fingerprint density at radius 2 is 0.821 bits per heavy atom. The molecular weight excluding hydrogens is 819 g/mol. The Morgan fingerprint density at radius 1 is 0.328 bits per heavy atom. The molecule has 0 N–H and O–H groups in total. The fourth-order valence-electron chi connectivity index (χ4n) is 12.1. The molecule has 3 aliphatic heterocycles. The maximum atomic E-state index is 6.77. The van der Waals surface area contributed by atoms with Gasteiger partial charge in [0.1, 0.15) is 34.5 Å². The maximum Gasteiger partial charge on any atom is 0.270 e. The summed E-state index contributed by atoms with van der Waals surface area (Å²) >= 11 is 0. The van der Waals surface area contributed by atoms with Crippen LogP contribution >= 0.6 is 0 Å². The molecule has 0 fully saturated rings. The number of fused-ring (bicyclic) bond motifs is 9. The summed E-state index contributed by atoms with van der Waals surface area (Å²) in [5.41, 5.74) is 20.2. The normalized spacial score (nSPS) is 13.3. The van der Waals surface area contributed by atoms with Crippen LogP contribution in [0.15, 0.2) is 200 Å². The fraction of sp³-hybridized carbons (Fsp3) is 0.0164. The van der Waals surface area contributed by atoms with Crippen molar-refractivity contribution in [2.24, 2.45) is 0 Å². The fourth-order valence-corrected chi connectivity index (χ4v) is 12.1. The van der Waals surface area contributed by atoms with Crippen molar-refractivity contribution >= 4 is 66.7 Å². The van der Waals surface area contributed by atoms with Gasteiger partial charge in [-0.2, -0.15) is 0 Å². The van der Waals surface area contributed by atoms with E-state index in [0.717, 1.165) is 68.6 Å². The monoisotopic (exact) mass is 854 g/mol. The molecule has 0 unspecified atom stereocenters. The molecule has 0 amide bonds. The Kier molecular flexibility index (Phi) is 6.89. The number of ether oxygens (including phenoxy) is 3. The molecule has 6 heteroatoms. The second-order valence-electron chi connectivity index (χ2n) is 18.3. The zero-order chi connectivity index (χ0) is 43.5. The van der Waals surface area contributed by atoms with Crippen molar-refractivity contribution in [3.8, 4) is 79.3 Å². The smallest absolute Gasteiger partial charge is 0.270 e. The molecule has 0 saturated heterocycles. The van der Waals surface area contributed by atoms with Crippen LogP contribution in [0.25, 0.3) is 88.4 Å². The van der Waals surface area contributed by atoms with Crippen LogP contribution in [0.3, 0.4) is 0 Å². The highest BCUT2D eigenvalue weighted by atomic mass is 16.5. The van der Waals surface area contributed by atoms with Gasteiger partial charge < -0.3 is 23.3 Å². The first-order valence-electron chi connectivity index (χ1n) is 23.1. The average Bonchev–Trinajstić information content (AvgIpc) is 4.04. The first-order chi connectivity index (χ1) is 33.2. The molecule has 12 aromatic rings. The lowest BCUT2D eigenvalue weighted by Gasteiger charge is -2.37. The third-order valence-electron chi connectivity index (χ3n) is 14.9. The molecule has 2 aromatic heterocycles. The van der Waals surface area contributed by atoms with Crippen molar-refractivity contribution in [3.05, 3.63) is 211 Å². The predicted molar refractivity (Wildman–Crippen MR) is 272 cm³/mol. The minimum absolute atomic E-state index is 0.0141. The molecule has 0 saturated carbocycles. The second-order valence-corrected chi connectivity index (χ2v) is 18.3. The number of para-hydroxylation sites is 3. The summed E-state index contributed by atoms with van der Waals surface area (Å²) in [6, 6.07) is 72.5. The predicted octanol–water partition coefficient (Wildman–Crippen LogP) is 13.6. The lowest BCUT2D eigenvalue weighted by molar-refractivity contribution is 0.443. The van der Waals surface area contributed by atoms with Crippen molar-refractivity contribution in [2.45, 2.75) is 6.42 Å². The maximum absolute atomic E-state index is 6.77. The second kappa shape index (κ2) is 13.0. The average molecular weight is 855 g/mol. The van der Waals surface area contributed by atoms with E-state index >= 15 is 0 Å². The lowest BCUT2D eigenvalue weighted by Crippen LogP contribution is -2.59. The summed E-state index contributed by atoms with van der Waals surface area (Å²) in [5, 5.41) is 5.00. The van der Waals surface area contributed by atoms with Crippen LogP contribution in [0.5, 0.6) is 34.5 Å². The molecule has 0 bridgehead atoms. The molecule has 67 heavy (non-hydrogen) atoms.